The molecule has 7 heteroatoms. The Morgan fingerprint density at radius 2 is 2.00 bits per heavy atom. The van der Waals surface area contributed by atoms with Gasteiger partial charge < -0.3 is 19.0 Å². The van der Waals surface area contributed by atoms with Crippen LogP contribution in [0.25, 0.3) is 11.0 Å². The first-order valence-electron chi connectivity index (χ1n) is 7.66. The van der Waals surface area contributed by atoms with Gasteiger partial charge in [-0.3, -0.25) is 0 Å². The lowest BCUT2D eigenvalue weighted by atomic mass is 10.1. The fourth-order valence-electron chi connectivity index (χ4n) is 2.49. The van der Waals surface area contributed by atoms with Crippen LogP contribution in [-0.2, 0) is 11.3 Å². The Morgan fingerprint density at radius 3 is 2.73 bits per heavy atom. The van der Waals surface area contributed by atoms with Gasteiger partial charge in [0.2, 0.25) is 0 Å². The summed E-state index contributed by atoms with van der Waals surface area (Å²) in [5.41, 5.74) is 0.973. The van der Waals surface area contributed by atoms with Crippen molar-refractivity contribution in [3.05, 3.63) is 68.5 Å². The van der Waals surface area contributed by atoms with Crippen LogP contribution in [0.1, 0.15) is 21.5 Å². The normalized spacial score (nSPS) is 10.7. The lowest BCUT2D eigenvalue weighted by molar-refractivity contribution is 0.0470. The Hall–Kier alpha value is -2.99. The van der Waals surface area contributed by atoms with Gasteiger partial charge in [-0.2, -0.15) is 0 Å². The highest BCUT2D eigenvalue weighted by molar-refractivity contribution is 6.32. The number of carbonyl (C=O) groups excluding carboxylic acids is 1. The van der Waals surface area contributed by atoms with Gasteiger partial charge in [-0.1, -0.05) is 11.6 Å². The second kappa shape index (κ2) is 7.09. The smallest absolute Gasteiger partial charge is 0.342 e. The molecule has 134 valence electrons. The molecule has 0 aliphatic rings. The van der Waals surface area contributed by atoms with Crippen molar-refractivity contribution in [2.24, 2.45) is 0 Å². The second-order valence-corrected chi connectivity index (χ2v) is 6.05. The van der Waals surface area contributed by atoms with E-state index < -0.39 is 11.6 Å². The molecular formula is C19H15ClO6. The van der Waals surface area contributed by atoms with Crippen LogP contribution in [0.4, 0.5) is 0 Å². The van der Waals surface area contributed by atoms with Crippen molar-refractivity contribution >= 4 is 28.5 Å². The van der Waals surface area contributed by atoms with E-state index in [4.69, 9.17) is 25.5 Å². The quantitative estimate of drug-likeness (QED) is 0.551. The first-order chi connectivity index (χ1) is 12.4. The van der Waals surface area contributed by atoms with Crippen LogP contribution in [0, 0.1) is 6.92 Å². The van der Waals surface area contributed by atoms with E-state index in [2.05, 4.69) is 0 Å². The number of phenols is 1. The number of phenolic OH excluding ortho intramolecular Hbond substituents is 1. The Morgan fingerprint density at radius 1 is 1.23 bits per heavy atom. The van der Waals surface area contributed by atoms with Gasteiger partial charge >= 0.3 is 11.6 Å². The average Bonchev–Trinajstić information content (AvgIpc) is 2.61. The summed E-state index contributed by atoms with van der Waals surface area (Å²) in [5.74, 6) is -0.573. The van der Waals surface area contributed by atoms with Gasteiger partial charge in [0.05, 0.1) is 7.11 Å². The second-order valence-electron chi connectivity index (χ2n) is 5.65. The highest BCUT2D eigenvalue weighted by Crippen LogP contribution is 2.27. The van der Waals surface area contributed by atoms with E-state index in [-0.39, 0.29) is 17.9 Å². The molecule has 3 rings (SSSR count). The van der Waals surface area contributed by atoms with Crippen molar-refractivity contribution in [2.45, 2.75) is 13.5 Å². The molecule has 0 bridgehead atoms. The number of fused-ring (bicyclic) bond motifs is 1. The molecule has 3 aromatic rings. The molecule has 2 aromatic carbocycles. The maximum absolute atomic E-state index is 12.3. The molecule has 6 nitrogen and oxygen atoms in total. The van der Waals surface area contributed by atoms with Crippen LogP contribution < -0.4 is 10.4 Å². The number of carbonyl (C=O) groups is 1. The van der Waals surface area contributed by atoms with E-state index in [1.807, 2.05) is 0 Å². The molecule has 0 aliphatic carbocycles. The minimum Gasteiger partial charge on any atom is -0.507 e. The fourth-order valence-corrected chi connectivity index (χ4v) is 2.66. The van der Waals surface area contributed by atoms with Crippen molar-refractivity contribution in [2.75, 3.05) is 7.11 Å². The first kappa shape index (κ1) is 17.8. The van der Waals surface area contributed by atoms with Gasteiger partial charge in [-0.15, -0.1) is 0 Å². The van der Waals surface area contributed by atoms with E-state index in [1.54, 1.807) is 19.1 Å². The molecule has 1 N–H and O–H groups in total. The lowest BCUT2D eigenvalue weighted by Gasteiger charge is -2.10. The zero-order valence-electron chi connectivity index (χ0n) is 14.0. The van der Waals surface area contributed by atoms with Gasteiger partial charge in [0.1, 0.15) is 29.3 Å². The minimum atomic E-state index is -0.749. The number of benzene rings is 2. The Bertz CT molecular complexity index is 1050. The zero-order chi connectivity index (χ0) is 18.8. The molecule has 0 unspecified atom stereocenters. The van der Waals surface area contributed by atoms with Crippen molar-refractivity contribution < 1.29 is 23.8 Å². The summed E-state index contributed by atoms with van der Waals surface area (Å²) in [7, 11) is 1.45. The van der Waals surface area contributed by atoms with Crippen LogP contribution in [0.5, 0.6) is 11.5 Å². The Labute approximate surface area is 153 Å². The molecule has 1 heterocycles. The third kappa shape index (κ3) is 3.50. The van der Waals surface area contributed by atoms with Crippen molar-refractivity contribution in [3.63, 3.8) is 0 Å². The highest BCUT2D eigenvalue weighted by Gasteiger charge is 2.16. The summed E-state index contributed by atoms with van der Waals surface area (Å²) < 4.78 is 15.5. The van der Waals surface area contributed by atoms with Crippen molar-refractivity contribution in [1.29, 1.82) is 0 Å². The standard InChI is InChI=1S/C19H15ClO6/c1-10-5-17-13(8-15(10)20)11(6-18(22)26-17)9-25-19(23)14-7-12(24-2)3-4-16(14)21/h3-8,21H,9H2,1-2H3. The van der Waals surface area contributed by atoms with Crippen LogP contribution >= 0.6 is 11.6 Å². The molecule has 0 aliphatic heterocycles. The van der Waals surface area contributed by atoms with Gasteiger partial charge in [0, 0.05) is 22.0 Å². The van der Waals surface area contributed by atoms with Crippen LogP contribution in [-0.4, -0.2) is 18.2 Å². The summed E-state index contributed by atoms with van der Waals surface area (Å²) in [6.45, 7) is 1.61. The Kier molecular flexibility index (Phi) is 4.86. The van der Waals surface area contributed by atoms with E-state index >= 15 is 0 Å². The minimum absolute atomic E-state index is 0.0366. The SMILES string of the molecule is COc1ccc(O)c(C(=O)OCc2cc(=O)oc3cc(C)c(Cl)cc23)c1. The molecule has 0 atom stereocenters. The number of ether oxygens (including phenoxy) is 2. The summed E-state index contributed by atoms with van der Waals surface area (Å²) >= 11 is 6.14. The summed E-state index contributed by atoms with van der Waals surface area (Å²) in [4.78, 5) is 24.0. The average molecular weight is 375 g/mol. The third-order valence-corrected chi connectivity index (χ3v) is 4.30. The first-order valence-corrected chi connectivity index (χ1v) is 8.04. The molecule has 0 saturated carbocycles. The predicted octanol–water partition coefficient (Wildman–Crippen LogP) is 3.83. The largest absolute Gasteiger partial charge is 0.507 e. The topological polar surface area (TPSA) is 86.0 Å². The van der Waals surface area contributed by atoms with Gasteiger partial charge in [0.25, 0.3) is 0 Å². The maximum Gasteiger partial charge on any atom is 0.342 e. The van der Waals surface area contributed by atoms with Gasteiger partial charge in [0.15, 0.2) is 0 Å². The molecule has 0 spiro atoms. The maximum atomic E-state index is 12.3. The van der Waals surface area contributed by atoms with Gasteiger partial charge in [-0.25, -0.2) is 9.59 Å². The lowest BCUT2D eigenvalue weighted by Crippen LogP contribution is -2.08. The highest BCUT2D eigenvalue weighted by atomic mass is 35.5. The zero-order valence-corrected chi connectivity index (χ0v) is 14.8. The van der Waals surface area contributed by atoms with Crippen molar-refractivity contribution in [1.82, 2.24) is 0 Å². The number of hydrogen-bond acceptors (Lipinski definition) is 6. The van der Waals surface area contributed by atoms with Crippen LogP contribution in [0.2, 0.25) is 5.02 Å². The summed E-state index contributed by atoms with van der Waals surface area (Å²) in [6.07, 6.45) is 0. The Balaban J connectivity index is 1.91. The summed E-state index contributed by atoms with van der Waals surface area (Å²) in [6, 6.07) is 8.78. The number of methoxy groups -OCH3 is 1. The number of aromatic hydroxyl groups is 1. The van der Waals surface area contributed by atoms with Gasteiger partial charge in [-0.05, 0) is 42.8 Å². The monoisotopic (exact) mass is 374 g/mol. The predicted molar refractivity (Wildman–Crippen MR) is 96.0 cm³/mol. The molecule has 0 saturated heterocycles. The van der Waals surface area contributed by atoms with E-state index in [0.29, 0.717) is 27.3 Å². The van der Waals surface area contributed by atoms with E-state index in [0.717, 1.165) is 5.56 Å². The van der Waals surface area contributed by atoms with E-state index in [9.17, 15) is 14.7 Å². The summed E-state index contributed by atoms with van der Waals surface area (Å²) in [5, 5.41) is 10.9. The van der Waals surface area contributed by atoms with Crippen LogP contribution in [0.15, 0.2) is 45.6 Å². The number of halogens is 1. The molecule has 0 amide bonds. The third-order valence-electron chi connectivity index (χ3n) is 3.89. The number of rotatable bonds is 4. The van der Waals surface area contributed by atoms with Crippen molar-refractivity contribution in [3.8, 4) is 11.5 Å². The number of esters is 1. The molecule has 26 heavy (non-hydrogen) atoms. The molecule has 1 aromatic heterocycles. The number of hydrogen-bond donors (Lipinski definition) is 1. The molecular weight excluding hydrogens is 360 g/mol. The van der Waals surface area contributed by atoms with Crippen LogP contribution in [0.3, 0.4) is 0 Å². The molecule has 0 radical (unpaired) electrons. The fraction of sp³-hybridized carbons (Fsp3) is 0.158. The molecule has 0 fully saturated rings. The number of aryl methyl sites for hydroxylation is 1. The van der Waals surface area contributed by atoms with E-state index in [1.165, 1.54) is 31.4 Å².